The molecular weight excluding hydrogens is 300 g/mol. The first-order chi connectivity index (χ1) is 10.6. The van der Waals surface area contributed by atoms with Gasteiger partial charge < -0.3 is 9.73 Å². The fraction of sp³-hybridized carbons (Fsp3) is 0.176. The lowest BCUT2D eigenvalue weighted by Crippen LogP contribution is -2.24. The Morgan fingerprint density at radius 2 is 1.91 bits per heavy atom. The summed E-state index contributed by atoms with van der Waals surface area (Å²) in [6.07, 6.45) is 0.334. The second kappa shape index (κ2) is 6.20. The van der Waals surface area contributed by atoms with Crippen LogP contribution >= 0.6 is 11.6 Å². The quantitative estimate of drug-likeness (QED) is 0.799. The van der Waals surface area contributed by atoms with Crippen molar-refractivity contribution in [2.24, 2.45) is 0 Å². The number of amides is 1. The SMILES string of the molecule is Cc1nc2ccc(CNC(=O)Cc3ccc(Cl)cc3)cc2o1. The molecule has 1 amide bonds. The van der Waals surface area contributed by atoms with Gasteiger partial charge in [0.1, 0.15) is 5.52 Å². The summed E-state index contributed by atoms with van der Waals surface area (Å²) < 4.78 is 5.49. The van der Waals surface area contributed by atoms with Crippen LogP contribution in [0.15, 0.2) is 46.9 Å². The lowest BCUT2D eigenvalue weighted by Gasteiger charge is -2.05. The van der Waals surface area contributed by atoms with Crippen molar-refractivity contribution in [1.82, 2.24) is 10.3 Å². The number of rotatable bonds is 4. The molecule has 0 saturated heterocycles. The molecule has 3 rings (SSSR count). The van der Waals surface area contributed by atoms with Crippen molar-refractivity contribution in [1.29, 1.82) is 0 Å². The van der Waals surface area contributed by atoms with Gasteiger partial charge in [-0.05, 0) is 35.4 Å². The van der Waals surface area contributed by atoms with Crippen molar-refractivity contribution in [3.8, 4) is 0 Å². The van der Waals surface area contributed by atoms with Crippen LogP contribution in [0.3, 0.4) is 0 Å². The Balaban J connectivity index is 1.60. The highest BCUT2D eigenvalue weighted by molar-refractivity contribution is 6.30. The monoisotopic (exact) mass is 314 g/mol. The molecule has 1 aromatic heterocycles. The third-order valence-electron chi connectivity index (χ3n) is 3.33. The maximum atomic E-state index is 12.0. The van der Waals surface area contributed by atoms with E-state index in [9.17, 15) is 4.79 Å². The fourth-order valence-electron chi connectivity index (χ4n) is 2.24. The number of oxazole rings is 1. The molecule has 5 heteroatoms. The Morgan fingerprint density at radius 3 is 2.68 bits per heavy atom. The first-order valence-electron chi connectivity index (χ1n) is 6.97. The molecule has 0 spiro atoms. The normalized spacial score (nSPS) is 10.8. The lowest BCUT2D eigenvalue weighted by atomic mass is 10.1. The molecule has 22 heavy (non-hydrogen) atoms. The molecule has 0 unspecified atom stereocenters. The summed E-state index contributed by atoms with van der Waals surface area (Å²) in [6.45, 7) is 2.27. The van der Waals surface area contributed by atoms with Crippen molar-refractivity contribution < 1.29 is 9.21 Å². The molecule has 0 bridgehead atoms. The summed E-state index contributed by atoms with van der Waals surface area (Å²) in [5, 5.41) is 3.57. The van der Waals surface area contributed by atoms with Gasteiger partial charge in [0.2, 0.25) is 5.91 Å². The summed E-state index contributed by atoms with van der Waals surface area (Å²) in [6, 6.07) is 13.0. The standard InChI is InChI=1S/C17H15ClN2O2/c1-11-20-15-7-4-13(8-16(15)22-11)10-19-17(21)9-12-2-5-14(18)6-3-12/h2-8H,9-10H2,1H3,(H,19,21). The van der Waals surface area contributed by atoms with Crippen molar-refractivity contribution in [2.75, 3.05) is 0 Å². The number of aromatic nitrogens is 1. The van der Waals surface area contributed by atoms with Crippen LogP contribution < -0.4 is 5.32 Å². The van der Waals surface area contributed by atoms with Crippen molar-refractivity contribution >= 4 is 28.6 Å². The third-order valence-corrected chi connectivity index (χ3v) is 3.58. The summed E-state index contributed by atoms with van der Waals surface area (Å²) in [5.74, 6) is 0.607. The van der Waals surface area contributed by atoms with E-state index >= 15 is 0 Å². The molecule has 112 valence electrons. The van der Waals surface area contributed by atoms with Gasteiger partial charge in [-0.2, -0.15) is 0 Å². The average Bonchev–Trinajstić information content (AvgIpc) is 2.87. The number of nitrogens with zero attached hydrogens (tertiary/aromatic N) is 1. The van der Waals surface area contributed by atoms with Gasteiger partial charge in [0, 0.05) is 18.5 Å². The molecular formula is C17H15ClN2O2. The minimum Gasteiger partial charge on any atom is -0.441 e. The second-order valence-electron chi connectivity index (χ2n) is 5.11. The Kier molecular flexibility index (Phi) is 4.11. The Labute approximate surface area is 133 Å². The van der Waals surface area contributed by atoms with Crippen LogP contribution in [0.5, 0.6) is 0 Å². The average molecular weight is 315 g/mol. The maximum Gasteiger partial charge on any atom is 0.224 e. The molecule has 2 aromatic carbocycles. The number of fused-ring (bicyclic) bond motifs is 1. The highest BCUT2D eigenvalue weighted by Crippen LogP contribution is 2.16. The van der Waals surface area contributed by atoms with E-state index in [1.807, 2.05) is 37.3 Å². The lowest BCUT2D eigenvalue weighted by molar-refractivity contribution is -0.120. The third kappa shape index (κ3) is 3.46. The molecule has 4 nitrogen and oxygen atoms in total. The van der Waals surface area contributed by atoms with E-state index in [-0.39, 0.29) is 5.91 Å². The van der Waals surface area contributed by atoms with E-state index < -0.39 is 0 Å². The van der Waals surface area contributed by atoms with Crippen LogP contribution in [-0.2, 0) is 17.8 Å². The summed E-state index contributed by atoms with van der Waals surface area (Å²) >= 11 is 5.82. The van der Waals surface area contributed by atoms with Gasteiger partial charge >= 0.3 is 0 Å². The van der Waals surface area contributed by atoms with E-state index in [0.717, 1.165) is 22.2 Å². The van der Waals surface area contributed by atoms with Gasteiger partial charge in [0.25, 0.3) is 0 Å². The smallest absolute Gasteiger partial charge is 0.224 e. The molecule has 0 fully saturated rings. The Hall–Kier alpha value is -2.33. The van der Waals surface area contributed by atoms with Gasteiger partial charge in [-0.25, -0.2) is 4.98 Å². The molecule has 1 N–H and O–H groups in total. The number of hydrogen-bond acceptors (Lipinski definition) is 3. The minimum atomic E-state index is -0.0313. The van der Waals surface area contributed by atoms with Gasteiger partial charge in [0.15, 0.2) is 11.5 Å². The fourth-order valence-corrected chi connectivity index (χ4v) is 2.37. The molecule has 3 aromatic rings. The minimum absolute atomic E-state index is 0.0313. The van der Waals surface area contributed by atoms with Gasteiger partial charge in [-0.15, -0.1) is 0 Å². The number of aryl methyl sites for hydroxylation is 1. The van der Waals surface area contributed by atoms with E-state index in [0.29, 0.717) is 23.9 Å². The zero-order valence-corrected chi connectivity index (χ0v) is 12.9. The van der Waals surface area contributed by atoms with Gasteiger partial charge in [-0.1, -0.05) is 29.8 Å². The van der Waals surface area contributed by atoms with Gasteiger partial charge in [-0.3, -0.25) is 4.79 Å². The topological polar surface area (TPSA) is 55.1 Å². The second-order valence-corrected chi connectivity index (χ2v) is 5.55. The first-order valence-corrected chi connectivity index (χ1v) is 7.35. The molecule has 0 radical (unpaired) electrons. The van der Waals surface area contributed by atoms with E-state index in [2.05, 4.69) is 10.3 Å². The highest BCUT2D eigenvalue weighted by atomic mass is 35.5. The van der Waals surface area contributed by atoms with Crippen LogP contribution in [0.25, 0.3) is 11.1 Å². The predicted molar refractivity (Wildman–Crippen MR) is 85.7 cm³/mol. The zero-order chi connectivity index (χ0) is 15.5. The molecule has 0 aliphatic rings. The van der Waals surface area contributed by atoms with Crippen LogP contribution in [0.2, 0.25) is 5.02 Å². The van der Waals surface area contributed by atoms with Crippen LogP contribution in [-0.4, -0.2) is 10.9 Å². The number of halogens is 1. The molecule has 0 atom stereocenters. The molecule has 1 heterocycles. The molecule has 0 saturated carbocycles. The number of carbonyl (C=O) groups is 1. The number of hydrogen-bond donors (Lipinski definition) is 1. The number of nitrogens with one attached hydrogen (secondary N) is 1. The van der Waals surface area contributed by atoms with Crippen LogP contribution in [0, 0.1) is 6.92 Å². The Bertz CT molecular complexity index is 809. The number of carbonyl (C=O) groups excluding carboxylic acids is 1. The Morgan fingerprint density at radius 1 is 1.18 bits per heavy atom. The molecule has 0 aliphatic heterocycles. The summed E-state index contributed by atoms with van der Waals surface area (Å²) in [4.78, 5) is 16.2. The van der Waals surface area contributed by atoms with E-state index in [1.165, 1.54) is 0 Å². The predicted octanol–water partition coefficient (Wildman–Crippen LogP) is 3.65. The maximum absolute atomic E-state index is 12.0. The molecule has 0 aliphatic carbocycles. The van der Waals surface area contributed by atoms with Crippen LogP contribution in [0.1, 0.15) is 17.0 Å². The van der Waals surface area contributed by atoms with Crippen molar-refractivity contribution in [3.05, 3.63) is 64.5 Å². The van der Waals surface area contributed by atoms with Crippen molar-refractivity contribution in [3.63, 3.8) is 0 Å². The first kappa shape index (κ1) is 14.6. The summed E-state index contributed by atoms with van der Waals surface area (Å²) in [7, 11) is 0. The largest absolute Gasteiger partial charge is 0.441 e. The highest BCUT2D eigenvalue weighted by Gasteiger charge is 2.06. The number of benzene rings is 2. The van der Waals surface area contributed by atoms with Gasteiger partial charge in [0.05, 0.1) is 6.42 Å². The van der Waals surface area contributed by atoms with Crippen molar-refractivity contribution in [2.45, 2.75) is 19.9 Å². The summed E-state index contributed by atoms with van der Waals surface area (Å²) in [5.41, 5.74) is 3.48. The van der Waals surface area contributed by atoms with E-state index in [4.69, 9.17) is 16.0 Å². The zero-order valence-electron chi connectivity index (χ0n) is 12.1. The van der Waals surface area contributed by atoms with Crippen LogP contribution in [0.4, 0.5) is 0 Å². The van der Waals surface area contributed by atoms with E-state index in [1.54, 1.807) is 12.1 Å².